The topological polar surface area (TPSA) is 78.5 Å². The monoisotopic (exact) mass is 347 g/mol. The van der Waals surface area contributed by atoms with Gasteiger partial charge in [0.2, 0.25) is 0 Å². The SMILES string of the molecule is CCc1[nH]ncc1C(=O)N1CCO[C@](CO)(Cc2ccccc2F)C1. The number of hydrogen-bond acceptors (Lipinski definition) is 4. The van der Waals surface area contributed by atoms with E-state index in [0.717, 1.165) is 5.69 Å². The molecule has 6 nitrogen and oxygen atoms in total. The Kier molecular flexibility index (Phi) is 5.15. The summed E-state index contributed by atoms with van der Waals surface area (Å²) in [6, 6.07) is 6.41. The van der Waals surface area contributed by atoms with E-state index in [0.29, 0.717) is 30.7 Å². The Morgan fingerprint density at radius 2 is 2.28 bits per heavy atom. The Morgan fingerprint density at radius 1 is 1.48 bits per heavy atom. The molecule has 7 heteroatoms. The zero-order chi connectivity index (χ0) is 17.9. The summed E-state index contributed by atoms with van der Waals surface area (Å²) in [5, 5.41) is 16.7. The van der Waals surface area contributed by atoms with E-state index in [1.165, 1.54) is 12.3 Å². The Labute approximate surface area is 145 Å². The van der Waals surface area contributed by atoms with Crippen molar-refractivity contribution in [2.24, 2.45) is 0 Å². The highest BCUT2D eigenvalue weighted by atomic mass is 19.1. The number of ether oxygens (including phenoxy) is 1. The van der Waals surface area contributed by atoms with E-state index in [1.54, 1.807) is 23.1 Å². The van der Waals surface area contributed by atoms with Gasteiger partial charge in [-0.2, -0.15) is 5.10 Å². The van der Waals surface area contributed by atoms with Crippen LogP contribution in [-0.2, 0) is 17.6 Å². The lowest BCUT2D eigenvalue weighted by Gasteiger charge is -2.42. The van der Waals surface area contributed by atoms with Gasteiger partial charge >= 0.3 is 0 Å². The summed E-state index contributed by atoms with van der Waals surface area (Å²) < 4.78 is 19.8. The summed E-state index contributed by atoms with van der Waals surface area (Å²) >= 11 is 0. The minimum absolute atomic E-state index is 0.153. The molecule has 0 spiro atoms. The van der Waals surface area contributed by atoms with Gasteiger partial charge in [0.05, 0.1) is 31.5 Å². The number of carbonyl (C=O) groups is 1. The van der Waals surface area contributed by atoms with E-state index in [-0.39, 0.29) is 31.3 Å². The molecule has 0 radical (unpaired) electrons. The summed E-state index contributed by atoms with van der Waals surface area (Å²) in [5.74, 6) is -0.495. The van der Waals surface area contributed by atoms with Crippen LogP contribution in [0.15, 0.2) is 30.5 Å². The number of hydrogen-bond donors (Lipinski definition) is 2. The third-order valence-electron chi connectivity index (χ3n) is 4.60. The molecular weight excluding hydrogens is 325 g/mol. The van der Waals surface area contributed by atoms with Gasteiger partial charge in [0.25, 0.3) is 5.91 Å². The standard InChI is InChI=1S/C18H22FN3O3/c1-2-16-14(10-20-21-16)17(24)22-7-8-25-18(11-22,12-23)9-13-5-3-4-6-15(13)19/h3-6,10,23H,2,7-9,11-12H2,1H3,(H,20,21)/t18-/m1/s1. The Morgan fingerprint density at radius 3 is 3.00 bits per heavy atom. The number of aromatic amines is 1. The zero-order valence-corrected chi connectivity index (χ0v) is 14.2. The number of aliphatic hydroxyl groups is 1. The van der Waals surface area contributed by atoms with Crippen molar-refractivity contribution in [1.82, 2.24) is 15.1 Å². The Bertz CT molecular complexity index is 749. The van der Waals surface area contributed by atoms with Crippen LogP contribution in [0.25, 0.3) is 0 Å². The smallest absolute Gasteiger partial charge is 0.257 e. The number of aryl methyl sites for hydroxylation is 1. The average Bonchev–Trinajstić information content (AvgIpc) is 3.12. The fraction of sp³-hybridized carbons (Fsp3) is 0.444. The minimum atomic E-state index is -1.01. The molecule has 1 aliphatic rings. The first kappa shape index (κ1) is 17.6. The van der Waals surface area contributed by atoms with Crippen molar-refractivity contribution in [2.45, 2.75) is 25.4 Å². The average molecular weight is 347 g/mol. The molecular formula is C18H22FN3O3. The molecule has 2 heterocycles. The van der Waals surface area contributed by atoms with Gasteiger partial charge in [-0.15, -0.1) is 0 Å². The molecule has 1 aromatic heterocycles. The lowest BCUT2D eigenvalue weighted by molar-refractivity contribution is -0.124. The van der Waals surface area contributed by atoms with Crippen LogP contribution in [0, 0.1) is 5.82 Å². The van der Waals surface area contributed by atoms with Crippen molar-refractivity contribution in [3.05, 3.63) is 53.1 Å². The van der Waals surface area contributed by atoms with Gasteiger partial charge in [-0.25, -0.2) is 4.39 Å². The number of amides is 1. The highest BCUT2D eigenvalue weighted by Crippen LogP contribution is 2.25. The van der Waals surface area contributed by atoms with E-state index in [4.69, 9.17) is 4.74 Å². The molecule has 0 saturated carbocycles. The van der Waals surface area contributed by atoms with Crippen molar-refractivity contribution in [1.29, 1.82) is 0 Å². The van der Waals surface area contributed by atoms with E-state index >= 15 is 0 Å². The van der Waals surface area contributed by atoms with Gasteiger partial charge in [0.1, 0.15) is 11.4 Å². The number of nitrogens with one attached hydrogen (secondary N) is 1. The molecule has 0 bridgehead atoms. The van der Waals surface area contributed by atoms with Gasteiger partial charge < -0.3 is 14.7 Å². The van der Waals surface area contributed by atoms with Crippen molar-refractivity contribution in [3.8, 4) is 0 Å². The number of nitrogens with zero attached hydrogens (tertiary/aromatic N) is 2. The third-order valence-corrected chi connectivity index (χ3v) is 4.60. The molecule has 0 unspecified atom stereocenters. The molecule has 1 aromatic carbocycles. The number of H-pyrrole nitrogens is 1. The van der Waals surface area contributed by atoms with Crippen LogP contribution in [0.2, 0.25) is 0 Å². The molecule has 25 heavy (non-hydrogen) atoms. The second-order valence-electron chi connectivity index (χ2n) is 6.30. The summed E-state index contributed by atoms with van der Waals surface area (Å²) in [7, 11) is 0. The van der Waals surface area contributed by atoms with Crippen molar-refractivity contribution in [3.63, 3.8) is 0 Å². The predicted octanol–water partition coefficient (Wildman–Crippen LogP) is 1.56. The normalized spacial score (nSPS) is 20.7. The molecule has 1 fully saturated rings. The number of rotatable bonds is 5. The summed E-state index contributed by atoms with van der Waals surface area (Å²) in [5.41, 5.74) is 0.761. The van der Waals surface area contributed by atoms with E-state index in [9.17, 15) is 14.3 Å². The largest absolute Gasteiger partial charge is 0.393 e. The van der Waals surface area contributed by atoms with Crippen molar-refractivity contribution < 1.29 is 19.0 Å². The van der Waals surface area contributed by atoms with Gasteiger partial charge in [-0.05, 0) is 18.1 Å². The fourth-order valence-corrected chi connectivity index (χ4v) is 3.20. The van der Waals surface area contributed by atoms with Crippen LogP contribution in [0.4, 0.5) is 4.39 Å². The summed E-state index contributed by atoms with van der Waals surface area (Å²) in [6.07, 6.45) is 2.39. The molecule has 2 N–H and O–H groups in total. The van der Waals surface area contributed by atoms with Crippen molar-refractivity contribution in [2.75, 3.05) is 26.3 Å². The maximum absolute atomic E-state index is 14.0. The van der Waals surface area contributed by atoms with E-state index < -0.39 is 5.60 Å². The quantitative estimate of drug-likeness (QED) is 0.860. The highest BCUT2D eigenvalue weighted by molar-refractivity contribution is 5.95. The first-order valence-corrected chi connectivity index (χ1v) is 8.38. The summed E-state index contributed by atoms with van der Waals surface area (Å²) in [4.78, 5) is 14.5. The maximum Gasteiger partial charge on any atom is 0.257 e. The predicted molar refractivity (Wildman–Crippen MR) is 89.7 cm³/mol. The van der Waals surface area contributed by atoms with Crippen LogP contribution in [0.3, 0.4) is 0 Å². The molecule has 0 aliphatic carbocycles. The Balaban J connectivity index is 1.80. The number of halogens is 1. The summed E-state index contributed by atoms with van der Waals surface area (Å²) in [6.45, 7) is 2.56. The van der Waals surface area contributed by atoms with Crippen LogP contribution in [0.5, 0.6) is 0 Å². The number of aliphatic hydroxyl groups excluding tert-OH is 1. The molecule has 1 atom stereocenters. The van der Waals surface area contributed by atoms with E-state index in [2.05, 4.69) is 10.2 Å². The first-order chi connectivity index (χ1) is 12.1. The number of aromatic nitrogens is 2. The van der Waals surface area contributed by atoms with Gasteiger partial charge in [-0.1, -0.05) is 25.1 Å². The lowest BCUT2D eigenvalue weighted by Crippen LogP contribution is -2.57. The van der Waals surface area contributed by atoms with Gasteiger partial charge in [0, 0.05) is 18.7 Å². The molecule has 1 aliphatic heterocycles. The number of carbonyl (C=O) groups excluding carboxylic acids is 1. The second kappa shape index (κ2) is 7.33. The number of benzene rings is 1. The third kappa shape index (κ3) is 3.57. The minimum Gasteiger partial charge on any atom is -0.393 e. The molecule has 1 saturated heterocycles. The van der Waals surface area contributed by atoms with Gasteiger partial charge in [0.15, 0.2) is 0 Å². The maximum atomic E-state index is 14.0. The second-order valence-corrected chi connectivity index (χ2v) is 6.30. The van der Waals surface area contributed by atoms with E-state index in [1.807, 2.05) is 6.92 Å². The highest BCUT2D eigenvalue weighted by Gasteiger charge is 2.39. The number of morpholine rings is 1. The van der Waals surface area contributed by atoms with Crippen molar-refractivity contribution >= 4 is 5.91 Å². The lowest BCUT2D eigenvalue weighted by atomic mass is 9.92. The molecule has 3 rings (SSSR count). The zero-order valence-electron chi connectivity index (χ0n) is 14.2. The van der Waals surface area contributed by atoms with Crippen LogP contribution in [-0.4, -0.2) is 58.0 Å². The van der Waals surface area contributed by atoms with Crippen LogP contribution >= 0.6 is 0 Å². The molecule has 134 valence electrons. The van der Waals surface area contributed by atoms with Crippen LogP contribution in [0.1, 0.15) is 28.5 Å². The fourth-order valence-electron chi connectivity index (χ4n) is 3.20. The molecule has 1 amide bonds. The first-order valence-electron chi connectivity index (χ1n) is 8.38. The van der Waals surface area contributed by atoms with Crippen LogP contribution < -0.4 is 0 Å². The van der Waals surface area contributed by atoms with Gasteiger partial charge in [-0.3, -0.25) is 9.89 Å². The Hall–Kier alpha value is -2.25. The molecule has 2 aromatic rings.